The van der Waals surface area contributed by atoms with Gasteiger partial charge in [0.25, 0.3) is 0 Å². The van der Waals surface area contributed by atoms with Crippen LogP contribution in [0.2, 0.25) is 0 Å². The van der Waals surface area contributed by atoms with Crippen molar-refractivity contribution in [2.45, 2.75) is 72.3 Å². The molecule has 0 atom stereocenters. The second-order valence-electron chi connectivity index (χ2n) is 15.3. The van der Waals surface area contributed by atoms with E-state index in [0.29, 0.717) is 30.9 Å². The van der Waals surface area contributed by atoms with Gasteiger partial charge in [0.15, 0.2) is 23.1 Å². The third-order valence-corrected chi connectivity index (χ3v) is 10.3. The highest BCUT2D eigenvalue weighted by Gasteiger charge is 2.49. The van der Waals surface area contributed by atoms with Gasteiger partial charge >= 0.3 is 0 Å². The van der Waals surface area contributed by atoms with Gasteiger partial charge in [-0.2, -0.15) is 0 Å². The number of methoxy groups -OCH3 is 1. The summed E-state index contributed by atoms with van der Waals surface area (Å²) in [6.07, 6.45) is 3.32. The van der Waals surface area contributed by atoms with Crippen molar-refractivity contribution in [2.75, 3.05) is 13.7 Å². The molecular formula is C43H45NO4. The Bertz CT molecular complexity index is 1910. The minimum atomic E-state index is -0.434. The van der Waals surface area contributed by atoms with Gasteiger partial charge in [0.2, 0.25) is 0 Å². The van der Waals surface area contributed by atoms with E-state index in [9.17, 15) is 9.59 Å². The zero-order valence-electron chi connectivity index (χ0n) is 28.8. The van der Waals surface area contributed by atoms with Crippen LogP contribution in [0.1, 0.15) is 76.0 Å². The molecule has 0 amide bonds. The van der Waals surface area contributed by atoms with E-state index in [1.165, 1.54) is 10.9 Å². The average molecular weight is 640 g/mol. The third-order valence-electron chi connectivity index (χ3n) is 10.3. The summed E-state index contributed by atoms with van der Waals surface area (Å²) in [5.74, 6) is 1.06. The van der Waals surface area contributed by atoms with Crippen molar-refractivity contribution in [1.82, 2.24) is 4.90 Å². The summed E-state index contributed by atoms with van der Waals surface area (Å²) in [5, 5.41) is 2.33. The van der Waals surface area contributed by atoms with Crippen LogP contribution in [-0.4, -0.2) is 30.1 Å². The Morgan fingerprint density at radius 3 is 2.00 bits per heavy atom. The molecule has 0 saturated carbocycles. The molecule has 0 aromatic heterocycles. The number of allylic oxidation sites excluding steroid dienone is 4. The van der Waals surface area contributed by atoms with Gasteiger partial charge in [0.05, 0.1) is 7.11 Å². The number of carbonyl (C=O) groups is 2. The van der Waals surface area contributed by atoms with Crippen LogP contribution in [0.25, 0.3) is 10.8 Å². The van der Waals surface area contributed by atoms with Crippen LogP contribution in [0.3, 0.4) is 0 Å². The molecule has 246 valence electrons. The molecule has 5 nitrogen and oxygen atoms in total. The molecule has 5 heteroatoms. The molecule has 0 unspecified atom stereocenters. The van der Waals surface area contributed by atoms with Crippen LogP contribution in [0.5, 0.6) is 11.5 Å². The number of rotatable bonds is 8. The number of carbonyl (C=O) groups excluding carboxylic acids is 2. The molecule has 0 N–H and O–H groups in total. The number of hydrogen-bond acceptors (Lipinski definition) is 5. The zero-order valence-corrected chi connectivity index (χ0v) is 28.8. The van der Waals surface area contributed by atoms with Gasteiger partial charge in [-0.25, -0.2) is 0 Å². The molecule has 4 aromatic carbocycles. The van der Waals surface area contributed by atoms with E-state index < -0.39 is 5.92 Å². The second-order valence-corrected chi connectivity index (χ2v) is 15.3. The first-order valence-corrected chi connectivity index (χ1v) is 17.1. The molecule has 2 aliphatic carbocycles. The average Bonchev–Trinajstić information content (AvgIpc) is 3.05. The Labute approximate surface area is 284 Å². The Hall–Kier alpha value is -4.64. The maximum atomic E-state index is 14.3. The quantitative estimate of drug-likeness (QED) is 0.192. The van der Waals surface area contributed by atoms with Crippen LogP contribution in [-0.2, 0) is 22.6 Å². The molecule has 4 aromatic rings. The van der Waals surface area contributed by atoms with Crippen molar-refractivity contribution < 1.29 is 19.1 Å². The van der Waals surface area contributed by atoms with Gasteiger partial charge in [-0.1, -0.05) is 107 Å². The molecule has 0 spiro atoms. The van der Waals surface area contributed by atoms with E-state index in [4.69, 9.17) is 9.47 Å². The Balaban J connectivity index is 1.30. The molecular weight excluding hydrogens is 594 g/mol. The maximum absolute atomic E-state index is 14.3. The van der Waals surface area contributed by atoms with Crippen LogP contribution in [0, 0.1) is 10.8 Å². The van der Waals surface area contributed by atoms with E-state index in [-0.39, 0.29) is 22.4 Å². The Morgan fingerprint density at radius 2 is 1.33 bits per heavy atom. The molecule has 7 rings (SSSR count). The second kappa shape index (κ2) is 12.4. The Kier molecular flexibility index (Phi) is 8.27. The van der Waals surface area contributed by atoms with Gasteiger partial charge in [-0.3, -0.25) is 9.59 Å². The van der Waals surface area contributed by atoms with Crippen LogP contribution in [0.4, 0.5) is 0 Å². The van der Waals surface area contributed by atoms with Gasteiger partial charge in [-0.05, 0) is 69.7 Å². The highest BCUT2D eigenvalue weighted by atomic mass is 16.5. The summed E-state index contributed by atoms with van der Waals surface area (Å²) in [4.78, 5) is 30.9. The summed E-state index contributed by atoms with van der Waals surface area (Å²) in [7, 11) is 1.65. The van der Waals surface area contributed by atoms with Gasteiger partial charge in [0.1, 0.15) is 6.61 Å². The molecule has 0 saturated heterocycles. The summed E-state index contributed by atoms with van der Waals surface area (Å²) in [6, 6.07) is 31.0. The molecule has 1 heterocycles. The van der Waals surface area contributed by atoms with Gasteiger partial charge in [0, 0.05) is 47.8 Å². The van der Waals surface area contributed by atoms with Crippen LogP contribution >= 0.6 is 0 Å². The lowest BCUT2D eigenvalue weighted by atomic mass is 9.63. The number of benzene rings is 4. The molecule has 48 heavy (non-hydrogen) atoms. The first kappa shape index (κ1) is 31.9. The van der Waals surface area contributed by atoms with Crippen LogP contribution in [0.15, 0.2) is 114 Å². The number of Topliss-reactive ketones (excluding diaryl/α,β-unsaturated/α-hetero) is 2. The summed E-state index contributed by atoms with van der Waals surface area (Å²) in [5.41, 5.74) is 6.61. The number of fused-ring (bicyclic) bond motifs is 1. The molecule has 1 aliphatic heterocycles. The van der Waals surface area contributed by atoms with Crippen molar-refractivity contribution >= 4 is 22.3 Å². The lowest BCUT2D eigenvalue weighted by Crippen LogP contribution is -2.45. The van der Waals surface area contributed by atoms with Crippen LogP contribution < -0.4 is 9.47 Å². The molecule has 0 bridgehead atoms. The molecule has 3 aliphatic rings. The molecule has 0 fully saturated rings. The highest BCUT2D eigenvalue weighted by molar-refractivity contribution is 6.06. The number of hydrogen-bond donors (Lipinski definition) is 0. The standard InChI is InChI=1S/C43H45NO4/c1-42(2)23-33-40(35(45)25-42)39(41-34(24-43(3,4)26-36(41)46)44(33)21-20-28-12-7-6-8-13-28)30-18-19-37(38(22-30)47-5)48-27-31-16-11-15-29-14-9-10-17-32(29)31/h6-19,22,39H,20-21,23-27H2,1-5H3. The fourth-order valence-electron chi connectivity index (χ4n) is 8.09. The SMILES string of the molecule is COc1cc(C2C3=C(CC(C)(C)CC3=O)N(CCc3ccccc3)C3=C2C(=O)CC(C)(C)C3)ccc1OCc1cccc2ccccc12. The van der Waals surface area contributed by atoms with E-state index in [2.05, 4.69) is 87.2 Å². The van der Waals surface area contributed by atoms with E-state index in [0.717, 1.165) is 64.9 Å². The largest absolute Gasteiger partial charge is 0.493 e. The van der Waals surface area contributed by atoms with Crippen molar-refractivity contribution in [1.29, 1.82) is 0 Å². The normalized spacial score (nSPS) is 19.0. The number of nitrogens with zero attached hydrogens (tertiary/aromatic N) is 1. The summed E-state index contributed by atoms with van der Waals surface area (Å²) in [6.45, 7) is 9.86. The monoisotopic (exact) mass is 639 g/mol. The predicted octanol–water partition coefficient (Wildman–Crippen LogP) is 9.36. The third kappa shape index (κ3) is 6.07. The Morgan fingerprint density at radius 1 is 0.708 bits per heavy atom. The first-order valence-electron chi connectivity index (χ1n) is 17.1. The van der Waals surface area contributed by atoms with Gasteiger partial charge in [-0.15, -0.1) is 0 Å². The smallest absolute Gasteiger partial charge is 0.162 e. The lowest BCUT2D eigenvalue weighted by molar-refractivity contribution is -0.119. The van der Waals surface area contributed by atoms with E-state index in [1.54, 1.807) is 7.11 Å². The summed E-state index contributed by atoms with van der Waals surface area (Å²) >= 11 is 0. The maximum Gasteiger partial charge on any atom is 0.162 e. The zero-order chi connectivity index (χ0) is 33.6. The first-order chi connectivity index (χ1) is 23.0. The predicted molar refractivity (Wildman–Crippen MR) is 191 cm³/mol. The van der Waals surface area contributed by atoms with Crippen molar-refractivity contribution in [3.8, 4) is 11.5 Å². The fraction of sp³-hybridized carbons (Fsp3) is 0.349. The number of ketones is 2. The fourth-order valence-corrected chi connectivity index (χ4v) is 8.09. The van der Waals surface area contributed by atoms with Crippen molar-refractivity contribution in [3.05, 3.63) is 130 Å². The van der Waals surface area contributed by atoms with Crippen molar-refractivity contribution in [3.63, 3.8) is 0 Å². The van der Waals surface area contributed by atoms with Gasteiger partial charge < -0.3 is 14.4 Å². The summed E-state index contributed by atoms with van der Waals surface area (Å²) < 4.78 is 12.3. The molecule has 0 radical (unpaired) electrons. The topological polar surface area (TPSA) is 55.8 Å². The van der Waals surface area contributed by atoms with E-state index in [1.807, 2.05) is 36.4 Å². The minimum absolute atomic E-state index is 0.135. The number of ether oxygens (including phenoxy) is 2. The van der Waals surface area contributed by atoms with E-state index >= 15 is 0 Å². The minimum Gasteiger partial charge on any atom is -0.493 e. The lowest BCUT2D eigenvalue weighted by Gasteiger charge is -2.49. The highest BCUT2D eigenvalue weighted by Crippen LogP contribution is 2.55. The van der Waals surface area contributed by atoms with Crippen molar-refractivity contribution in [2.24, 2.45) is 10.8 Å².